The summed E-state index contributed by atoms with van der Waals surface area (Å²) in [5, 5.41) is 29.0. The molecule has 0 aliphatic carbocycles. The summed E-state index contributed by atoms with van der Waals surface area (Å²) >= 11 is 5.65. The summed E-state index contributed by atoms with van der Waals surface area (Å²) < 4.78 is 52.4. The number of nitriles is 1. The number of aliphatic hydroxyl groups is 1. The zero-order valence-corrected chi connectivity index (χ0v) is 42.4. The normalized spacial score (nSPS) is 17.6. The molecule has 0 saturated carbocycles. The minimum absolute atomic E-state index is 0.0306. The Labute approximate surface area is 426 Å². The summed E-state index contributed by atoms with van der Waals surface area (Å²) in [7, 11) is 0. The smallest absolute Gasteiger partial charge is 0.419 e. The van der Waals surface area contributed by atoms with Gasteiger partial charge in [0, 0.05) is 43.1 Å². The van der Waals surface area contributed by atoms with Crippen LogP contribution in [0.15, 0.2) is 95.9 Å². The van der Waals surface area contributed by atoms with Crippen LogP contribution in [0.25, 0.3) is 22.5 Å². The van der Waals surface area contributed by atoms with Gasteiger partial charge in [0.2, 0.25) is 17.7 Å². The highest BCUT2D eigenvalue weighted by Crippen LogP contribution is 2.40. The SMILES string of the molecule is Cc1ncoc1-c1ccc([C@H](C)NC(=O)[C@@H]2C[C@@H](O)CN2C(=O)[C@@H](NC(=O)COCCCCNc2ccc(-c3ccc(N4C(=S)N(c5cnc(C#N)c(C(F)(F)F)c5)C(=O)C4(C)C)cc3)cc2)C(C)(C)C)cc1. The molecule has 4 amide bonds. The van der Waals surface area contributed by atoms with Crippen LogP contribution >= 0.6 is 12.2 Å². The Bertz CT molecular complexity index is 2880. The van der Waals surface area contributed by atoms with E-state index in [0.29, 0.717) is 37.1 Å². The molecule has 0 radical (unpaired) electrons. The van der Waals surface area contributed by atoms with E-state index in [1.54, 1.807) is 30.9 Å². The number of amides is 4. The van der Waals surface area contributed by atoms with Crippen LogP contribution in [0.4, 0.5) is 30.2 Å². The average Bonchev–Trinajstić information content (AvgIpc) is 4.01. The molecule has 2 saturated heterocycles. The molecule has 5 aromatic rings. The second-order valence-electron chi connectivity index (χ2n) is 19.7. The number of carbonyl (C=O) groups excluding carboxylic acids is 4. The minimum Gasteiger partial charge on any atom is -0.443 e. The number of carbonyl (C=O) groups is 4. The largest absolute Gasteiger partial charge is 0.443 e. The molecule has 73 heavy (non-hydrogen) atoms. The average molecular weight is 1020 g/mol. The van der Waals surface area contributed by atoms with Crippen molar-refractivity contribution in [1.29, 1.82) is 5.26 Å². The molecule has 3 aromatic carbocycles. The van der Waals surface area contributed by atoms with Gasteiger partial charge in [-0.25, -0.2) is 9.97 Å². The van der Waals surface area contributed by atoms with Gasteiger partial charge in [0.05, 0.1) is 35.3 Å². The van der Waals surface area contributed by atoms with Crippen molar-refractivity contribution >= 4 is 58.0 Å². The van der Waals surface area contributed by atoms with E-state index in [0.717, 1.165) is 51.2 Å². The highest BCUT2D eigenvalue weighted by Gasteiger charge is 2.51. The molecular weight excluding hydrogens is 964 g/mol. The number of halogens is 3. The maximum atomic E-state index is 14.1. The molecule has 2 fully saturated rings. The molecule has 7 rings (SSSR count). The molecule has 4 N–H and O–H groups in total. The van der Waals surface area contributed by atoms with Crippen LogP contribution in [0.3, 0.4) is 0 Å². The van der Waals surface area contributed by atoms with E-state index in [2.05, 4.69) is 25.9 Å². The first-order valence-electron chi connectivity index (χ1n) is 23.8. The van der Waals surface area contributed by atoms with Gasteiger partial charge in [-0.1, -0.05) is 69.3 Å². The number of anilines is 3. The lowest BCUT2D eigenvalue weighted by Crippen LogP contribution is -2.58. The minimum atomic E-state index is -4.87. The summed E-state index contributed by atoms with van der Waals surface area (Å²) in [5.74, 6) is -1.24. The number of nitrogens with one attached hydrogen (secondary N) is 3. The summed E-state index contributed by atoms with van der Waals surface area (Å²) in [4.78, 5) is 66.2. The number of benzene rings is 3. The number of aliphatic hydroxyl groups excluding tert-OH is 1. The van der Waals surface area contributed by atoms with Crippen molar-refractivity contribution < 1.29 is 46.6 Å². The van der Waals surface area contributed by atoms with Gasteiger partial charge < -0.3 is 40.0 Å². The Morgan fingerprint density at radius 3 is 2.21 bits per heavy atom. The Morgan fingerprint density at radius 2 is 1.60 bits per heavy atom. The third kappa shape index (κ3) is 12.0. The molecule has 2 aliphatic rings. The van der Waals surface area contributed by atoms with Crippen molar-refractivity contribution in [3.8, 4) is 28.5 Å². The summed E-state index contributed by atoms with van der Waals surface area (Å²) in [6.45, 7) is 13.0. The monoisotopic (exact) mass is 1020 g/mol. The number of hydrogen-bond donors (Lipinski definition) is 4. The number of thiocarbonyl (C=S) groups is 1. The first-order valence-corrected chi connectivity index (χ1v) is 24.2. The number of aromatic nitrogens is 2. The van der Waals surface area contributed by atoms with E-state index in [1.807, 2.05) is 95.3 Å². The molecule has 20 heteroatoms. The third-order valence-electron chi connectivity index (χ3n) is 12.9. The van der Waals surface area contributed by atoms with Crippen LogP contribution in [0.5, 0.6) is 0 Å². The molecule has 0 bridgehead atoms. The quantitative estimate of drug-likeness (QED) is 0.0514. The van der Waals surface area contributed by atoms with Crippen LogP contribution in [0, 0.1) is 23.7 Å². The predicted molar refractivity (Wildman–Crippen MR) is 272 cm³/mol. The van der Waals surface area contributed by atoms with Crippen molar-refractivity contribution in [2.45, 2.75) is 104 Å². The number of likely N-dealkylation sites (tertiary alicyclic amines) is 1. The van der Waals surface area contributed by atoms with Crippen molar-refractivity contribution in [2.75, 3.05) is 41.4 Å². The standard InChI is InChI=1S/C53H58F3N9O7S/c1-31(33-10-12-36(13-11-33)45-32(2)60-30-72-45)61-47(68)43-25-40(66)28-63(43)48(69)46(51(3,4)5)62-44(67)29-71-23-9-8-22-58-37-18-14-34(15-19-37)35-16-20-38(21-17-35)65-50(73)64(49(70)52(65,6)7)39-24-41(53(54,55)56)42(26-57)59-27-39/h10-21,24,27,30-31,40,43,46,58,66H,8-9,22-23,25,28-29H2,1-7H3,(H,61,68)(H,62,67)/t31-,40+,43-,46+/m0/s1. The summed E-state index contributed by atoms with van der Waals surface area (Å²) in [5.41, 5.74) is 1.44. The zero-order chi connectivity index (χ0) is 53.0. The maximum Gasteiger partial charge on any atom is 0.419 e. The number of unbranched alkanes of at least 4 members (excludes halogenated alkanes) is 1. The van der Waals surface area contributed by atoms with Crippen molar-refractivity contribution in [2.24, 2.45) is 5.41 Å². The fourth-order valence-electron chi connectivity index (χ4n) is 8.87. The Kier molecular flexibility index (Phi) is 16.1. The van der Waals surface area contributed by atoms with E-state index in [9.17, 15) is 42.7 Å². The van der Waals surface area contributed by atoms with E-state index in [-0.39, 0.29) is 30.4 Å². The van der Waals surface area contributed by atoms with Crippen molar-refractivity contribution in [3.63, 3.8) is 0 Å². The molecular formula is C53H58F3N9O7S. The van der Waals surface area contributed by atoms with Gasteiger partial charge >= 0.3 is 6.18 Å². The van der Waals surface area contributed by atoms with E-state index in [4.69, 9.17) is 21.4 Å². The van der Waals surface area contributed by atoms with Crippen LogP contribution in [-0.2, 0) is 30.1 Å². The molecule has 0 unspecified atom stereocenters. The number of hydrogen-bond acceptors (Lipinski definition) is 12. The first-order chi connectivity index (χ1) is 34.5. The number of ether oxygens (including phenoxy) is 1. The maximum absolute atomic E-state index is 14.1. The Balaban J connectivity index is 0.847. The van der Waals surface area contributed by atoms with Gasteiger partial charge in [-0.3, -0.25) is 24.1 Å². The van der Waals surface area contributed by atoms with Crippen LogP contribution < -0.4 is 25.8 Å². The number of alkyl halides is 3. The van der Waals surface area contributed by atoms with E-state index >= 15 is 0 Å². The lowest BCUT2D eigenvalue weighted by molar-refractivity contribution is -0.144. The number of β-amino-alcohol motifs (C(OH)–C–C–N with tert-alkyl or cyclic N) is 1. The molecule has 16 nitrogen and oxygen atoms in total. The third-order valence-corrected chi connectivity index (χ3v) is 13.3. The fourth-order valence-corrected chi connectivity index (χ4v) is 9.39. The number of rotatable bonds is 17. The van der Waals surface area contributed by atoms with Crippen LogP contribution in [0.2, 0.25) is 0 Å². The number of oxazole rings is 1. The predicted octanol–water partition coefficient (Wildman–Crippen LogP) is 8.10. The van der Waals surface area contributed by atoms with Crippen LogP contribution in [-0.4, -0.2) is 98.7 Å². The Hall–Kier alpha value is -7.21. The highest BCUT2D eigenvalue weighted by atomic mass is 32.1. The molecule has 2 aromatic heterocycles. The van der Waals surface area contributed by atoms with E-state index < -0.39 is 76.2 Å². The van der Waals surface area contributed by atoms with Crippen LogP contribution in [0.1, 0.15) is 89.4 Å². The molecule has 384 valence electrons. The van der Waals surface area contributed by atoms with Crippen molar-refractivity contribution in [3.05, 3.63) is 114 Å². The Morgan fingerprint density at radius 1 is 0.959 bits per heavy atom. The molecule has 4 heterocycles. The lowest BCUT2D eigenvalue weighted by atomic mass is 9.85. The van der Waals surface area contributed by atoms with Gasteiger partial charge in [-0.15, -0.1) is 0 Å². The second-order valence-corrected chi connectivity index (χ2v) is 20.1. The number of nitrogens with zero attached hydrogens (tertiary/aromatic N) is 6. The molecule has 2 aliphatic heterocycles. The fraction of sp³-hybridized carbons (Fsp3) is 0.396. The van der Waals surface area contributed by atoms with Gasteiger partial charge in [-0.2, -0.15) is 18.4 Å². The number of pyridine rings is 1. The summed E-state index contributed by atoms with van der Waals surface area (Å²) in [6, 6.07) is 22.4. The topological polar surface area (TPSA) is 206 Å². The van der Waals surface area contributed by atoms with Gasteiger partial charge in [-0.05, 0) is 105 Å². The second kappa shape index (κ2) is 21.9. The van der Waals surface area contributed by atoms with Gasteiger partial charge in [0.15, 0.2) is 23.0 Å². The van der Waals surface area contributed by atoms with E-state index in [1.165, 1.54) is 17.4 Å². The highest BCUT2D eigenvalue weighted by molar-refractivity contribution is 7.81. The van der Waals surface area contributed by atoms with Gasteiger partial charge in [0.25, 0.3) is 5.91 Å². The lowest BCUT2D eigenvalue weighted by Gasteiger charge is -2.35. The summed E-state index contributed by atoms with van der Waals surface area (Å²) in [6.07, 6.45) is -1.91. The number of aryl methyl sites for hydroxylation is 1. The van der Waals surface area contributed by atoms with Gasteiger partial charge in [0.1, 0.15) is 30.3 Å². The zero-order valence-electron chi connectivity index (χ0n) is 41.5. The van der Waals surface area contributed by atoms with Crippen molar-refractivity contribution in [1.82, 2.24) is 25.5 Å². The molecule has 0 spiro atoms. The first kappa shape index (κ1) is 53.6. The molecule has 4 atom stereocenters.